The number of rotatable bonds is 1. The lowest BCUT2D eigenvalue weighted by molar-refractivity contribution is -0.179. The van der Waals surface area contributed by atoms with E-state index in [0.29, 0.717) is 0 Å². The van der Waals surface area contributed by atoms with Gasteiger partial charge in [0.25, 0.3) is 0 Å². The summed E-state index contributed by atoms with van der Waals surface area (Å²) in [6.07, 6.45) is 3.59. The van der Waals surface area contributed by atoms with Gasteiger partial charge in [0.1, 0.15) is 0 Å². The highest BCUT2D eigenvalue weighted by atomic mass is 16.8. The zero-order valence-corrected chi connectivity index (χ0v) is 9.65. The highest BCUT2D eigenvalue weighted by Crippen LogP contribution is 2.42. The van der Waals surface area contributed by atoms with Crippen LogP contribution in [0.4, 0.5) is 0 Å². The minimum absolute atomic E-state index is 0.0793. The molecule has 2 rings (SSSR count). The van der Waals surface area contributed by atoms with Crippen LogP contribution >= 0.6 is 0 Å². The Morgan fingerprint density at radius 3 is 2.27 bits per heavy atom. The Kier molecular flexibility index (Phi) is 2.32. The fourth-order valence-electron chi connectivity index (χ4n) is 1.87. The molecule has 1 aromatic heterocycles. The molecule has 0 amide bonds. The Bertz CT molecular complexity index is 350. The Hall–Kier alpha value is -0.930. The molecule has 2 unspecified atom stereocenters. The number of pyridine rings is 1. The van der Waals surface area contributed by atoms with Crippen molar-refractivity contribution < 1.29 is 9.47 Å². The number of hydrogen-bond donors (Lipinski definition) is 0. The summed E-state index contributed by atoms with van der Waals surface area (Å²) in [5.74, 6) is -0.647. The standard InChI is InChI=1S/C12H17NO2/c1-9-11(2,3)15-12(4,14-9)10-5-7-13-8-6-10/h5-9H,1-4H3. The molecule has 0 N–H and O–H groups in total. The van der Waals surface area contributed by atoms with Crippen molar-refractivity contribution in [3.05, 3.63) is 30.1 Å². The van der Waals surface area contributed by atoms with Gasteiger partial charge in [-0.25, -0.2) is 0 Å². The third-order valence-electron chi connectivity index (χ3n) is 3.04. The molecule has 2 heterocycles. The summed E-state index contributed by atoms with van der Waals surface area (Å²) in [5.41, 5.74) is 0.757. The summed E-state index contributed by atoms with van der Waals surface area (Å²) in [5, 5.41) is 0. The van der Waals surface area contributed by atoms with E-state index >= 15 is 0 Å². The summed E-state index contributed by atoms with van der Waals surface area (Å²) in [7, 11) is 0. The first-order valence-corrected chi connectivity index (χ1v) is 5.22. The van der Waals surface area contributed by atoms with Gasteiger partial charge in [-0.05, 0) is 39.8 Å². The molecule has 82 valence electrons. The third kappa shape index (κ3) is 1.77. The van der Waals surface area contributed by atoms with Gasteiger partial charge in [0.2, 0.25) is 0 Å². The van der Waals surface area contributed by atoms with Crippen LogP contribution in [0.1, 0.15) is 33.3 Å². The van der Waals surface area contributed by atoms with Gasteiger partial charge >= 0.3 is 0 Å². The Morgan fingerprint density at radius 1 is 1.20 bits per heavy atom. The SMILES string of the molecule is CC1OC(C)(c2ccncc2)OC1(C)C. The van der Waals surface area contributed by atoms with E-state index in [0.717, 1.165) is 5.56 Å². The molecule has 1 aromatic rings. The fraction of sp³-hybridized carbons (Fsp3) is 0.583. The minimum atomic E-state index is -0.647. The van der Waals surface area contributed by atoms with Crippen molar-refractivity contribution in [3.8, 4) is 0 Å². The second kappa shape index (κ2) is 3.29. The smallest absolute Gasteiger partial charge is 0.193 e. The lowest BCUT2D eigenvalue weighted by Crippen LogP contribution is -2.31. The highest BCUT2D eigenvalue weighted by Gasteiger charge is 2.48. The summed E-state index contributed by atoms with van der Waals surface area (Å²) in [6, 6.07) is 3.85. The van der Waals surface area contributed by atoms with Crippen molar-refractivity contribution in [1.82, 2.24) is 4.98 Å². The molecule has 0 spiro atoms. The average Bonchev–Trinajstić information content (AvgIpc) is 2.38. The molecule has 0 bridgehead atoms. The quantitative estimate of drug-likeness (QED) is 0.709. The predicted molar refractivity (Wildman–Crippen MR) is 57.3 cm³/mol. The van der Waals surface area contributed by atoms with Crippen LogP contribution in [0.5, 0.6) is 0 Å². The maximum absolute atomic E-state index is 5.98. The van der Waals surface area contributed by atoms with Gasteiger partial charge in [0, 0.05) is 18.0 Å². The van der Waals surface area contributed by atoms with Crippen molar-refractivity contribution in [1.29, 1.82) is 0 Å². The van der Waals surface area contributed by atoms with Gasteiger partial charge in [-0.2, -0.15) is 0 Å². The van der Waals surface area contributed by atoms with Crippen molar-refractivity contribution >= 4 is 0 Å². The van der Waals surface area contributed by atoms with Crippen LogP contribution in [0.25, 0.3) is 0 Å². The molecule has 0 aliphatic carbocycles. The Morgan fingerprint density at radius 2 is 1.80 bits per heavy atom. The van der Waals surface area contributed by atoms with Crippen LogP contribution in [0.15, 0.2) is 24.5 Å². The monoisotopic (exact) mass is 207 g/mol. The summed E-state index contributed by atoms with van der Waals surface area (Å²) in [4.78, 5) is 3.99. The summed E-state index contributed by atoms with van der Waals surface area (Å²) >= 11 is 0. The zero-order chi connectivity index (χ0) is 11.1. The molecule has 1 fully saturated rings. The maximum atomic E-state index is 5.98. The Labute approximate surface area is 90.4 Å². The van der Waals surface area contributed by atoms with Crippen molar-refractivity contribution in [3.63, 3.8) is 0 Å². The molecule has 3 nitrogen and oxygen atoms in total. The average molecular weight is 207 g/mol. The third-order valence-corrected chi connectivity index (χ3v) is 3.04. The van der Waals surface area contributed by atoms with Crippen molar-refractivity contribution in [2.75, 3.05) is 0 Å². The van der Waals surface area contributed by atoms with Crippen LogP contribution in [0.2, 0.25) is 0 Å². The molecule has 1 aliphatic rings. The van der Waals surface area contributed by atoms with Gasteiger partial charge in [0.15, 0.2) is 5.79 Å². The molecule has 0 saturated carbocycles. The first kappa shape index (κ1) is 10.6. The second-order valence-electron chi connectivity index (χ2n) is 4.65. The van der Waals surface area contributed by atoms with Gasteiger partial charge in [-0.1, -0.05) is 0 Å². The fourth-order valence-corrected chi connectivity index (χ4v) is 1.87. The normalized spacial score (nSPS) is 34.3. The van der Waals surface area contributed by atoms with Gasteiger partial charge in [-0.15, -0.1) is 0 Å². The minimum Gasteiger partial charge on any atom is -0.340 e. The van der Waals surface area contributed by atoms with E-state index in [9.17, 15) is 0 Å². The number of hydrogen-bond acceptors (Lipinski definition) is 3. The van der Waals surface area contributed by atoms with Crippen LogP contribution < -0.4 is 0 Å². The maximum Gasteiger partial charge on any atom is 0.193 e. The summed E-state index contributed by atoms with van der Waals surface area (Å²) in [6.45, 7) is 8.08. The molecule has 1 saturated heterocycles. The van der Waals surface area contributed by atoms with E-state index in [-0.39, 0.29) is 11.7 Å². The van der Waals surface area contributed by atoms with Crippen LogP contribution in [-0.2, 0) is 15.3 Å². The van der Waals surface area contributed by atoms with Gasteiger partial charge < -0.3 is 9.47 Å². The van der Waals surface area contributed by atoms with Crippen molar-refractivity contribution in [2.45, 2.75) is 45.2 Å². The van der Waals surface area contributed by atoms with E-state index < -0.39 is 5.79 Å². The van der Waals surface area contributed by atoms with E-state index in [2.05, 4.69) is 4.98 Å². The van der Waals surface area contributed by atoms with Crippen LogP contribution in [0.3, 0.4) is 0 Å². The topological polar surface area (TPSA) is 31.4 Å². The molecular weight excluding hydrogens is 190 g/mol. The van der Waals surface area contributed by atoms with Gasteiger partial charge in [-0.3, -0.25) is 4.98 Å². The number of nitrogens with zero attached hydrogens (tertiary/aromatic N) is 1. The Balaban J connectivity index is 2.31. The molecule has 0 aromatic carbocycles. The van der Waals surface area contributed by atoms with Crippen LogP contribution in [-0.4, -0.2) is 16.7 Å². The lowest BCUT2D eigenvalue weighted by Gasteiger charge is -2.25. The number of aromatic nitrogens is 1. The zero-order valence-electron chi connectivity index (χ0n) is 9.65. The van der Waals surface area contributed by atoms with Gasteiger partial charge in [0.05, 0.1) is 11.7 Å². The molecule has 15 heavy (non-hydrogen) atoms. The first-order valence-electron chi connectivity index (χ1n) is 5.22. The number of ether oxygens (including phenoxy) is 2. The predicted octanol–water partition coefficient (Wildman–Crippen LogP) is 2.47. The molecule has 0 radical (unpaired) electrons. The molecule has 1 aliphatic heterocycles. The molecule has 2 atom stereocenters. The molecular formula is C12H17NO2. The highest BCUT2D eigenvalue weighted by molar-refractivity contribution is 5.17. The summed E-state index contributed by atoms with van der Waals surface area (Å²) < 4.78 is 11.9. The first-order chi connectivity index (χ1) is 6.94. The van der Waals surface area contributed by atoms with E-state index in [4.69, 9.17) is 9.47 Å². The molecule has 3 heteroatoms. The largest absolute Gasteiger partial charge is 0.340 e. The van der Waals surface area contributed by atoms with E-state index in [1.807, 2.05) is 39.8 Å². The van der Waals surface area contributed by atoms with E-state index in [1.54, 1.807) is 12.4 Å². The second-order valence-corrected chi connectivity index (χ2v) is 4.65. The van der Waals surface area contributed by atoms with Crippen molar-refractivity contribution in [2.24, 2.45) is 0 Å². The lowest BCUT2D eigenvalue weighted by atomic mass is 10.0. The van der Waals surface area contributed by atoms with Crippen LogP contribution in [0, 0.1) is 0 Å². The van der Waals surface area contributed by atoms with E-state index in [1.165, 1.54) is 0 Å².